The molecule has 0 radical (unpaired) electrons. The van der Waals surface area contributed by atoms with E-state index in [2.05, 4.69) is 5.43 Å². The number of nitrogens with one attached hydrogen (secondary N) is 2. The Balaban J connectivity index is 3.13. The summed E-state index contributed by atoms with van der Waals surface area (Å²) in [4.78, 5) is 9.84. The van der Waals surface area contributed by atoms with Crippen LogP contribution in [0, 0.1) is 0 Å². The molecule has 0 bridgehead atoms. The van der Waals surface area contributed by atoms with Crippen molar-refractivity contribution in [2.24, 2.45) is 0 Å². The lowest BCUT2D eigenvalue weighted by atomic mass is 10.2. The molecule has 13 heavy (non-hydrogen) atoms. The summed E-state index contributed by atoms with van der Waals surface area (Å²) in [7, 11) is 0. The zero-order valence-corrected chi connectivity index (χ0v) is 6.82. The number of hydrogen-bond donors (Lipinski definition) is 3. The molecule has 7 heteroatoms. The molecule has 0 aromatic carbocycles. The highest BCUT2D eigenvalue weighted by atomic mass is 19.4. The van der Waals surface area contributed by atoms with Gasteiger partial charge in [-0.3, -0.25) is 5.43 Å². The number of unbranched alkanes of at least 4 members (excludes halogenated alkanes) is 1. The van der Waals surface area contributed by atoms with Crippen molar-refractivity contribution in [3.63, 3.8) is 0 Å². The summed E-state index contributed by atoms with van der Waals surface area (Å²) < 4.78 is 34.7. The molecular weight excluding hydrogens is 189 g/mol. The number of hydrazine groups is 1. The van der Waals surface area contributed by atoms with E-state index < -0.39 is 18.7 Å². The highest BCUT2D eigenvalue weighted by Gasteiger charge is 2.25. The van der Waals surface area contributed by atoms with Crippen LogP contribution in [0.25, 0.3) is 0 Å². The second-order valence-electron chi connectivity index (χ2n) is 2.43. The fourth-order valence-corrected chi connectivity index (χ4v) is 0.677. The first-order valence-electron chi connectivity index (χ1n) is 3.70. The van der Waals surface area contributed by atoms with Crippen molar-refractivity contribution in [2.45, 2.75) is 25.4 Å². The molecule has 0 rings (SSSR count). The topological polar surface area (TPSA) is 61.4 Å². The van der Waals surface area contributed by atoms with E-state index in [1.807, 2.05) is 5.43 Å². The van der Waals surface area contributed by atoms with Crippen LogP contribution in [0.2, 0.25) is 0 Å². The van der Waals surface area contributed by atoms with Gasteiger partial charge in [-0.1, -0.05) is 0 Å². The first kappa shape index (κ1) is 12.0. The first-order chi connectivity index (χ1) is 5.92. The van der Waals surface area contributed by atoms with Crippen LogP contribution in [0.5, 0.6) is 0 Å². The van der Waals surface area contributed by atoms with Gasteiger partial charge in [-0.2, -0.15) is 13.2 Å². The minimum Gasteiger partial charge on any atom is -0.464 e. The molecule has 0 aliphatic rings. The molecule has 0 fully saturated rings. The van der Waals surface area contributed by atoms with Crippen molar-refractivity contribution in [1.29, 1.82) is 0 Å². The fourth-order valence-electron chi connectivity index (χ4n) is 0.677. The molecule has 0 unspecified atom stereocenters. The van der Waals surface area contributed by atoms with Crippen LogP contribution < -0.4 is 10.9 Å². The molecule has 78 valence electrons. The molecule has 1 amide bonds. The summed E-state index contributed by atoms with van der Waals surface area (Å²) in [5.41, 5.74) is 4.08. The minimum absolute atomic E-state index is 0.00218. The Morgan fingerprint density at radius 3 is 2.38 bits per heavy atom. The third-order valence-electron chi connectivity index (χ3n) is 1.21. The van der Waals surface area contributed by atoms with Gasteiger partial charge in [0, 0.05) is 13.0 Å². The molecule has 0 heterocycles. The van der Waals surface area contributed by atoms with E-state index in [0.717, 1.165) is 0 Å². The molecule has 0 saturated heterocycles. The van der Waals surface area contributed by atoms with Gasteiger partial charge in [-0.25, -0.2) is 10.2 Å². The lowest BCUT2D eigenvalue weighted by Gasteiger charge is -2.06. The number of carbonyl (C=O) groups is 1. The number of rotatable bonds is 5. The van der Waals surface area contributed by atoms with Crippen LogP contribution in [0.1, 0.15) is 19.3 Å². The summed E-state index contributed by atoms with van der Waals surface area (Å²) in [5, 5.41) is 8.05. The first-order valence-corrected chi connectivity index (χ1v) is 3.70. The lowest BCUT2D eigenvalue weighted by molar-refractivity contribution is -0.135. The van der Waals surface area contributed by atoms with Gasteiger partial charge in [0.05, 0.1) is 0 Å². The Labute approximate surface area is 73.1 Å². The summed E-state index contributed by atoms with van der Waals surface area (Å²) in [6.07, 6.45) is -5.93. The molecule has 3 N–H and O–H groups in total. The van der Waals surface area contributed by atoms with Crippen molar-refractivity contribution in [2.75, 3.05) is 6.54 Å². The fraction of sp³-hybridized carbons (Fsp3) is 0.833. The Morgan fingerprint density at radius 1 is 1.31 bits per heavy atom. The molecule has 0 aromatic heterocycles. The molecule has 0 atom stereocenters. The predicted molar refractivity (Wildman–Crippen MR) is 39.1 cm³/mol. The molecule has 0 saturated carbocycles. The SMILES string of the molecule is O=C(O)NNCCCCC(F)(F)F. The van der Waals surface area contributed by atoms with Crippen LogP contribution in [0.3, 0.4) is 0 Å². The average molecular weight is 200 g/mol. The maximum atomic E-state index is 11.6. The molecule has 0 aliphatic carbocycles. The maximum absolute atomic E-state index is 11.6. The van der Waals surface area contributed by atoms with E-state index in [4.69, 9.17) is 5.11 Å². The Morgan fingerprint density at radius 2 is 1.92 bits per heavy atom. The highest BCUT2D eigenvalue weighted by molar-refractivity contribution is 5.63. The Kier molecular flexibility index (Phi) is 5.20. The van der Waals surface area contributed by atoms with E-state index in [-0.39, 0.29) is 19.4 Å². The Hall–Kier alpha value is -0.980. The second kappa shape index (κ2) is 5.63. The smallest absolute Gasteiger partial charge is 0.419 e. The van der Waals surface area contributed by atoms with Gasteiger partial charge >= 0.3 is 12.3 Å². The normalized spacial score (nSPS) is 11.3. The maximum Gasteiger partial charge on any atom is 0.419 e. The van der Waals surface area contributed by atoms with Crippen LogP contribution in [0.4, 0.5) is 18.0 Å². The quantitative estimate of drug-likeness (QED) is 0.465. The van der Waals surface area contributed by atoms with Crippen molar-refractivity contribution in [1.82, 2.24) is 10.9 Å². The van der Waals surface area contributed by atoms with Crippen LogP contribution >= 0.6 is 0 Å². The van der Waals surface area contributed by atoms with Gasteiger partial charge in [0.2, 0.25) is 0 Å². The number of halogens is 3. The standard InChI is InChI=1S/C6H11F3N2O2/c7-6(8,9)3-1-2-4-10-11-5(12)13/h10-11H,1-4H2,(H,12,13). The van der Waals surface area contributed by atoms with Crippen molar-refractivity contribution < 1.29 is 23.1 Å². The second-order valence-corrected chi connectivity index (χ2v) is 2.43. The molecule has 0 aromatic rings. The van der Waals surface area contributed by atoms with Crippen molar-refractivity contribution >= 4 is 6.09 Å². The van der Waals surface area contributed by atoms with Crippen molar-refractivity contribution in [3.8, 4) is 0 Å². The molecule has 0 spiro atoms. The largest absolute Gasteiger partial charge is 0.464 e. The third kappa shape index (κ3) is 11.0. The van der Waals surface area contributed by atoms with Crippen LogP contribution in [-0.4, -0.2) is 23.9 Å². The lowest BCUT2D eigenvalue weighted by Crippen LogP contribution is -2.36. The number of alkyl halides is 3. The Bertz CT molecular complexity index is 160. The van der Waals surface area contributed by atoms with Gasteiger partial charge in [-0.05, 0) is 12.8 Å². The highest BCUT2D eigenvalue weighted by Crippen LogP contribution is 2.21. The minimum atomic E-state index is -4.12. The van der Waals surface area contributed by atoms with E-state index >= 15 is 0 Å². The zero-order chi connectivity index (χ0) is 10.3. The average Bonchev–Trinajstić information content (AvgIpc) is 1.93. The van der Waals surface area contributed by atoms with E-state index in [1.165, 1.54) is 0 Å². The predicted octanol–water partition coefficient (Wildman–Crippen LogP) is 1.49. The van der Waals surface area contributed by atoms with Gasteiger partial charge in [-0.15, -0.1) is 0 Å². The molecular formula is C6H11F3N2O2. The van der Waals surface area contributed by atoms with Crippen LogP contribution in [-0.2, 0) is 0 Å². The zero-order valence-electron chi connectivity index (χ0n) is 6.82. The third-order valence-corrected chi connectivity index (χ3v) is 1.21. The van der Waals surface area contributed by atoms with Gasteiger partial charge in [0.15, 0.2) is 0 Å². The number of hydrogen-bond acceptors (Lipinski definition) is 2. The van der Waals surface area contributed by atoms with Gasteiger partial charge < -0.3 is 5.11 Å². The summed E-state index contributed by atoms with van der Waals surface area (Å²) in [6.45, 7) is 0.197. The van der Waals surface area contributed by atoms with E-state index in [9.17, 15) is 18.0 Å². The summed E-state index contributed by atoms with van der Waals surface area (Å²) >= 11 is 0. The van der Waals surface area contributed by atoms with Crippen molar-refractivity contribution in [3.05, 3.63) is 0 Å². The number of amides is 1. The van der Waals surface area contributed by atoms with E-state index in [1.54, 1.807) is 0 Å². The van der Waals surface area contributed by atoms with Crippen LogP contribution in [0.15, 0.2) is 0 Å². The van der Waals surface area contributed by atoms with Gasteiger partial charge in [0.1, 0.15) is 0 Å². The monoisotopic (exact) mass is 200 g/mol. The molecule has 0 aliphatic heterocycles. The summed E-state index contributed by atoms with van der Waals surface area (Å²) in [6, 6.07) is 0. The van der Waals surface area contributed by atoms with Gasteiger partial charge in [0.25, 0.3) is 0 Å². The summed E-state index contributed by atoms with van der Waals surface area (Å²) in [5.74, 6) is 0. The molecule has 4 nitrogen and oxygen atoms in total. The number of carboxylic acid groups (broad SMARTS) is 1. The van der Waals surface area contributed by atoms with E-state index in [0.29, 0.717) is 0 Å².